The minimum Gasteiger partial charge on any atom is -0.449 e. The van der Waals surface area contributed by atoms with E-state index >= 15 is 0 Å². The number of aromatic nitrogens is 2. The van der Waals surface area contributed by atoms with Gasteiger partial charge in [0, 0.05) is 5.56 Å². The summed E-state index contributed by atoms with van der Waals surface area (Å²) in [5, 5.41) is 6.08. The summed E-state index contributed by atoms with van der Waals surface area (Å²) in [6.45, 7) is 2.79. The molecule has 2 aromatic carbocycles. The number of hydrogen-bond donors (Lipinski definition) is 1. The van der Waals surface area contributed by atoms with Crippen molar-refractivity contribution in [3.05, 3.63) is 77.0 Å². The first-order valence-corrected chi connectivity index (χ1v) is 9.84. The summed E-state index contributed by atoms with van der Waals surface area (Å²) >= 11 is 0. The minimum atomic E-state index is -1.75. The Morgan fingerprint density at radius 2 is 1.74 bits per heavy atom. The molecule has 1 N–H and O–H groups in total. The fraction of sp³-hybridized carbons (Fsp3) is 0.130. The molecule has 0 fully saturated rings. The molecule has 0 spiro atoms. The molecular weight excluding hydrogens is 458 g/mol. The van der Waals surface area contributed by atoms with Crippen molar-refractivity contribution >= 4 is 28.7 Å². The number of esters is 1. The van der Waals surface area contributed by atoms with Gasteiger partial charge in [0.25, 0.3) is 11.6 Å². The van der Waals surface area contributed by atoms with Gasteiger partial charge in [-0.1, -0.05) is 5.16 Å². The average molecular weight is 473 g/mol. The summed E-state index contributed by atoms with van der Waals surface area (Å²) in [6, 6.07) is 8.19. The lowest BCUT2D eigenvalue weighted by atomic mass is 10.1. The summed E-state index contributed by atoms with van der Waals surface area (Å²) in [4.78, 5) is 29.6. The molecule has 1 unspecified atom stereocenters. The van der Waals surface area contributed by atoms with Crippen molar-refractivity contribution in [3.63, 3.8) is 0 Å². The highest BCUT2D eigenvalue weighted by Crippen LogP contribution is 2.28. The van der Waals surface area contributed by atoms with Crippen LogP contribution in [0.25, 0.3) is 22.4 Å². The standard InChI is InChI=1S/C23H15F4N3O4/c1-10-18-14(9-17(29-22(18)34-30-10)12-3-5-13(24)6-4-12)23(32)33-11(2)21(31)28-16-8-7-15(25)19(26)20(16)27/h3-9,11H,1-2H3,(H,28,31). The second kappa shape index (κ2) is 8.93. The van der Waals surface area contributed by atoms with Crippen LogP contribution in [0.15, 0.2) is 47.0 Å². The van der Waals surface area contributed by atoms with Crippen LogP contribution in [-0.4, -0.2) is 28.1 Å². The number of halogens is 4. The molecule has 0 bridgehead atoms. The third-order valence-corrected chi connectivity index (χ3v) is 4.92. The zero-order chi connectivity index (χ0) is 24.6. The smallest absolute Gasteiger partial charge is 0.339 e. The second-order valence-electron chi connectivity index (χ2n) is 7.27. The third kappa shape index (κ3) is 4.32. The Balaban J connectivity index is 1.61. The number of amides is 1. The fourth-order valence-corrected chi connectivity index (χ4v) is 3.16. The number of anilines is 1. The van der Waals surface area contributed by atoms with Crippen LogP contribution in [0.4, 0.5) is 23.2 Å². The Labute approximate surface area is 189 Å². The van der Waals surface area contributed by atoms with Crippen LogP contribution in [0, 0.1) is 30.2 Å². The van der Waals surface area contributed by atoms with E-state index in [0.717, 1.165) is 6.07 Å². The van der Waals surface area contributed by atoms with Crippen LogP contribution < -0.4 is 5.32 Å². The van der Waals surface area contributed by atoms with Crippen LogP contribution in [0.5, 0.6) is 0 Å². The Bertz CT molecular complexity index is 1420. The van der Waals surface area contributed by atoms with E-state index in [9.17, 15) is 27.2 Å². The van der Waals surface area contributed by atoms with Gasteiger partial charge in [0.05, 0.1) is 28.0 Å². The van der Waals surface area contributed by atoms with Gasteiger partial charge < -0.3 is 14.6 Å². The largest absolute Gasteiger partial charge is 0.449 e. The number of ether oxygens (including phenoxy) is 1. The zero-order valence-corrected chi connectivity index (χ0v) is 17.7. The molecule has 11 heteroatoms. The number of nitrogens with one attached hydrogen (secondary N) is 1. The van der Waals surface area contributed by atoms with E-state index in [1.165, 1.54) is 37.3 Å². The number of fused-ring (bicyclic) bond motifs is 1. The Morgan fingerprint density at radius 3 is 2.44 bits per heavy atom. The van der Waals surface area contributed by atoms with Crippen molar-refractivity contribution in [1.29, 1.82) is 0 Å². The highest BCUT2D eigenvalue weighted by molar-refractivity contribution is 6.05. The maximum atomic E-state index is 13.8. The summed E-state index contributed by atoms with van der Waals surface area (Å²) in [7, 11) is 0. The first kappa shape index (κ1) is 22.9. The van der Waals surface area contributed by atoms with Crippen LogP contribution in [-0.2, 0) is 9.53 Å². The molecule has 1 atom stereocenters. The Hall–Kier alpha value is -4.28. The van der Waals surface area contributed by atoms with Crippen LogP contribution in [0.1, 0.15) is 23.0 Å². The molecule has 0 aliphatic heterocycles. The average Bonchev–Trinajstić information content (AvgIpc) is 3.19. The van der Waals surface area contributed by atoms with E-state index in [1.54, 1.807) is 6.92 Å². The number of carbonyl (C=O) groups excluding carboxylic acids is 2. The predicted molar refractivity (Wildman–Crippen MR) is 112 cm³/mol. The van der Waals surface area contributed by atoms with Crippen molar-refractivity contribution in [2.45, 2.75) is 20.0 Å². The van der Waals surface area contributed by atoms with Crippen molar-refractivity contribution in [3.8, 4) is 11.3 Å². The van der Waals surface area contributed by atoms with Gasteiger partial charge in [0.15, 0.2) is 23.6 Å². The summed E-state index contributed by atoms with van der Waals surface area (Å²) < 4.78 is 64.0. The van der Waals surface area contributed by atoms with Crippen molar-refractivity contribution in [2.24, 2.45) is 0 Å². The first-order valence-electron chi connectivity index (χ1n) is 9.84. The molecule has 0 radical (unpaired) electrons. The quantitative estimate of drug-likeness (QED) is 0.251. The molecule has 0 saturated carbocycles. The van der Waals surface area contributed by atoms with Crippen molar-refractivity contribution in [1.82, 2.24) is 10.1 Å². The molecule has 7 nitrogen and oxygen atoms in total. The second-order valence-corrected chi connectivity index (χ2v) is 7.27. The summed E-state index contributed by atoms with van der Waals surface area (Å²) in [5.74, 6) is -7.15. The van der Waals surface area contributed by atoms with E-state index in [1.807, 2.05) is 5.32 Å². The van der Waals surface area contributed by atoms with Gasteiger partial charge >= 0.3 is 5.97 Å². The van der Waals surface area contributed by atoms with Gasteiger partial charge in [-0.05, 0) is 56.3 Å². The van der Waals surface area contributed by atoms with Gasteiger partial charge in [0.1, 0.15) is 5.82 Å². The third-order valence-electron chi connectivity index (χ3n) is 4.92. The topological polar surface area (TPSA) is 94.3 Å². The summed E-state index contributed by atoms with van der Waals surface area (Å²) in [6.07, 6.45) is -1.45. The lowest BCUT2D eigenvalue weighted by Crippen LogP contribution is -2.30. The number of rotatable bonds is 5. The molecule has 34 heavy (non-hydrogen) atoms. The number of carbonyl (C=O) groups is 2. The van der Waals surface area contributed by atoms with Crippen LogP contribution in [0.3, 0.4) is 0 Å². The highest BCUT2D eigenvalue weighted by atomic mass is 19.2. The number of aryl methyl sites for hydroxylation is 1. The molecular formula is C23H15F4N3O4. The van der Waals surface area contributed by atoms with E-state index in [2.05, 4.69) is 10.1 Å². The maximum Gasteiger partial charge on any atom is 0.339 e. The number of benzene rings is 2. The van der Waals surface area contributed by atoms with Crippen molar-refractivity contribution in [2.75, 3.05) is 5.32 Å². The molecule has 4 rings (SSSR count). The fourth-order valence-electron chi connectivity index (χ4n) is 3.16. The summed E-state index contributed by atoms with van der Waals surface area (Å²) in [5.41, 5.74) is 0.448. The predicted octanol–water partition coefficient (Wildman–Crippen LogP) is 4.94. The number of nitrogens with zero attached hydrogens (tertiary/aromatic N) is 2. The van der Waals surface area contributed by atoms with Gasteiger partial charge in [-0.25, -0.2) is 27.3 Å². The maximum absolute atomic E-state index is 13.8. The lowest BCUT2D eigenvalue weighted by molar-refractivity contribution is -0.123. The monoisotopic (exact) mass is 473 g/mol. The molecule has 4 aromatic rings. The number of pyridine rings is 1. The van der Waals surface area contributed by atoms with E-state index in [0.29, 0.717) is 17.3 Å². The number of hydrogen-bond acceptors (Lipinski definition) is 6. The minimum absolute atomic E-state index is 0.0206. The normalized spacial score (nSPS) is 11.9. The molecule has 1 amide bonds. The first-order chi connectivity index (χ1) is 16.2. The zero-order valence-electron chi connectivity index (χ0n) is 17.7. The molecule has 0 saturated heterocycles. The molecule has 0 aliphatic carbocycles. The molecule has 174 valence electrons. The highest BCUT2D eigenvalue weighted by Gasteiger charge is 2.25. The lowest BCUT2D eigenvalue weighted by Gasteiger charge is -2.15. The molecule has 2 heterocycles. The Morgan fingerprint density at radius 1 is 1.03 bits per heavy atom. The van der Waals surface area contributed by atoms with Gasteiger partial charge in [0.2, 0.25) is 0 Å². The molecule has 0 aliphatic rings. The van der Waals surface area contributed by atoms with Gasteiger partial charge in [-0.2, -0.15) is 0 Å². The molecule has 2 aromatic heterocycles. The van der Waals surface area contributed by atoms with Gasteiger partial charge in [-0.3, -0.25) is 4.79 Å². The van der Waals surface area contributed by atoms with Crippen LogP contribution in [0.2, 0.25) is 0 Å². The SMILES string of the molecule is Cc1noc2nc(-c3ccc(F)cc3)cc(C(=O)OC(C)C(=O)Nc3ccc(F)c(F)c3F)c12. The van der Waals surface area contributed by atoms with Gasteiger partial charge in [-0.15, -0.1) is 0 Å². The van der Waals surface area contributed by atoms with E-state index in [-0.39, 0.29) is 22.4 Å². The Kier molecular flexibility index (Phi) is 6.01. The van der Waals surface area contributed by atoms with E-state index in [4.69, 9.17) is 9.26 Å². The van der Waals surface area contributed by atoms with Crippen molar-refractivity contribution < 1.29 is 36.4 Å². The van der Waals surface area contributed by atoms with Crippen LogP contribution >= 0.6 is 0 Å². The van der Waals surface area contributed by atoms with E-state index < -0.39 is 46.9 Å².